The number of fused-ring (bicyclic) bond motifs is 1. The lowest BCUT2D eigenvalue weighted by molar-refractivity contribution is -0.137. The Bertz CT molecular complexity index is 1600. The number of halogens is 3. The van der Waals surface area contributed by atoms with Crippen LogP contribution in [0.2, 0.25) is 0 Å². The number of ether oxygens (including phenoxy) is 3. The fourth-order valence-corrected chi connectivity index (χ4v) is 4.14. The highest BCUT2D eigenvalue weighted by molar-refractivity contribution is 5.87. The molecule has 0 aliphatic carbocycles. The van der Waals surface area contributed by atoms with Crippen LogP contribution in [0.1, 0.15) is 11.1 Å². The van der Waals surface area contributed by atoms with Crippen LogP contribution in [-0.2, 0) is 12.7 Å². The second-order valence-electron chi connectivity index (χ2n) is 8.67. The van der Waals surface area contributed by atoms with E-state index in [2.05, 4.69) is 25.6 Å². The molecule has 40 heavy (non-hydrogen) atoms. The lowest BCUT2D eigenvalue weighted by Gasteiger charge is -2.15. The van der Waals surface area contributed by atoms with E-state index in [1.807, 2.05) is 30.3 Å². The van der Waals surface area contributed by atoms with Crippen LogP contribution in [0.25, 0.3) is 11.2 Å². The first kappa shape index (κ1) is 26.6. The van der Waals surface area contributed by atoms with E-state index in [9.17, 15) is 13.2 Å². The number of anilines is 4. The lowest BCUT2D eigenvalue weighted by Crippen LogP contribution is -2.07. The number of benzene rings is 3. The van der Waals surface area contributed by atoms with Gasteiger partial charge in [0.25, 0.3) is 0 Å². The quantitative estimate of drug-likeness (QED) is 0.218. The maximum atomic E-state index is 13.0. The van der Waals surface area contributed by atoms with Crippen molar-refractivity contribution in [2.45, 2.75) is 12.7 Å². The van der Waals surface area contributed by atoms with Crippen molar-refractivity contribution in [2.24, 2.45) is 0 Å². The molecule has 206 valence electrons. The molecule has 5 aromatic rings. The zero-order valence-electron chi connectivity index (χ0n) is 21.8. The largest absolute Gasteiger partial charge is 0.493 e. The molecule has 0 radical (unpaired) electrons. The average Bonchev–Trinajstić information content (AvgIpc) is 3.35. The van der Waals surface area contributed by atoms with Gasteiger partial charge in [-0.15, -0.1) is 0 Å². The van der Waals surface area contributed by atoms with Crippen molar-refractivity contribution in [3.8, 4) is 17.2 Å². The van der Waals surface area contributed by atoms with E-state index in [-0.39, 0.29) is 6.54 Å². The summed E-state index contributed by atoms with van der Waals surface area (Å²) in [5.74, 6) is 2.03. The fraction of sp³-hybridized carbons (Fsp3) is 0.179. The van der Waals surface area contributed by atoms with E-state index in [0.717, 1.165) is 17.8 Å². The Morgan fingerprint density at radius 2 is 1.48 bits per heavy atom. The molecule has 5 rings (SSSR count). The van der Waals surface area contributed by atoms with Gasteiger partial charge >= 0.3 is 6.18 Å². The van der Waals surface area contributed by atoms with Crippen molar-refractivity contribution >= 4 is 34.3 Å². The molecule has 0 spiro atoms. The molecule has 0 atom stereocenters. The van der Waals surface area contributed by atoms with Gasteiger partial charge in [0.1, 0.15) is 0 Å². The second kappa shape index (κ2) is 11.0. The summed E-state index contributed by atoms with van der Waals surface area (Å²) in [7, 11) is 4.57. The van der Waals surface area contributed by atoms with Crippen LogP contribution in [0.15, 0.2) is 73.1 Å². The highest BCUT2D eigenvalue weighted by atomic mass is 19.4. The van der Waals surface area contributed by atoms with E-state index in [4.69, 9.17) is 14.2 Å². The Hall–Kier alpha value is -5.00. The summed E-state index contributed by atoms with van der Waals surface area (Å²) in [4.78, 5) is 13.8. The van der Waals surface area contributed by atoms with Gasteiger partial charge in [-0.25, -0.2) is 4.98 Å². The summed E-state index contributed by atoms with van der Waals surface area (Å²) in [6, 6.07) is 17.9. The van der Waals surface area contributed by atoms with Crippen molar-refractivity contribution in [3.63, 3.8) is 0 Å². The number of imidazole rings is 1. The summed E-state index contributed by atoms with van der Waals surface area (Å²) < 4.78 is 57.2. The molecule has 2 heterocycles. The first-order valence-electron chi connectivity index (χ1n) is 12.1. The van der Waals surface area contributed by atoms with Gasteiger partial charge in [-0.2, -0.15) is 23.1 Å². The molecule has 0 aliphatic heterocycles. The lowest BCUT2D eigenvalue weighted by atomic mass is 10.1. The summed E-state index contributed by atoms with van der Waals surface area (Å²) in [5, 5.41) is 6.46. The Balaban J connectivity index is 1.56. The second-order valence-corrected chi connectivity index (χ2v) is 8.67. The minimum absolute atomic E-state index is 0.250. The van der Waals surface area contributed by atoms with E-state index in [1.54, 1.807) is 23.0 Å². The number of aromatic nitrogens is 4. The van der Waals surface area contributed by atoms with E-state index >= 15 is 0 Å². The molecule has 0 bridgehead atoms. The molecule has 0 saturated heterocycles. The van der Waals surface area contributed by atoms with Crippen LogP contribution in [0.4, 0.5) is 36.3 Å². The standard InChI is InChI=1S/C28H25F3N6O3/c1-38-21-13-20(14-22(39-2)24(21)40-3)33-25-23-26(36-27(35-25)34-19-7-5-4-6-8-19)37(16-32-23)15-17-9-11-18(12-10-17)28(29,30)31/h4-14,16H,15H2,1-3H3,(H2,33,34,35,36). The normalized spacial score (nSPS) is 11.3. The van der Waals surface area contributed by atoms with Crippen molar-refractivity contribution in [2.75, 3.05) is 32.0 Å². The van der Waals surface area contributed by atoms with Gasteiger partial charge in [0.2, 0.25) is 11.7 Å². The minimum Gasteiger partial charge on any atom is -0.493 e. The predicted molar refractivity (Wildman–Crippen MR) is 145 cm³/mol. The zero-order chi connectivity index (χ0) is 28.3. The molecular weight excluding hydrogens is 525 g/mol. The number of hydrogen-bond acceptors (Lipinski definition) is 8. The van der Waals surface area contributed by atoms with Crippen LogP contribution in [0.3, 0.4) is 0 Å². The van der Waals surface area contributed by atoms with Gasteiger partial charge in [0.05, 0.1) is 39.8 Å². The predicted octanol–water partition coefficient (Wildman–Crippen LogP) is 6.41. The molecule has 0 fully saturated rings. The molecule has 3 aromatic carbocycles. The summed E-state index contributed by atoms with van der Waals surface area (Å²) in [5.41, 5.74) is 2.25. The first-order chi connectivity index (χ1) is 19.3. The Labute approximate surface area is 227 Å². The smallest absolute Gasteiger partial charge is 0.416 e. The molecule has 0 aliphatic rings. The summed E-state index contributed by atoms with van der Waals surface area (Å²) in [6.07, 6.45) is -2.83. The molecule has 2 N–H and O–H groups in total. The Kier molecular flexibility index (Phi) is 7.32. The monoisotopic (exact) mass is 550 g/mol. The van der Waals surface area contributed by atoms with Crippen molar-refractivity contribution < 1.29 is 27.4 Å². The summed E-state index contributed by atoms with van der Waals surface area (Å²) in [6.45, 7) is 0.250. The highest BCUT2D eigenvalue weighted by Crippen LogP contribution is 2.41. The molecule has 12 heteroatoms. The number of rotatable bonds is 9. The number of hydrogen-bond donors (Lipinski definition) is 2. The molecule has 9 nitrogen and oxygen atoms in total. The van der Waals surface area contributed by atoms with Gasteiger partial charge in [-0.05, 0) is 29.8 Å². The van der Waals surface area contributed by atoms with Gasteiger partial charge in [0, 0.05) is 23.5 Å². The first-order valence-corrected chi connectivity index (χ1v) is 12.1. The number of nitrogens with zero attached hydrogens (tertiary/aromatic N) is 4. The Morgan fingerprint density at radius 1 is 0.800 bits per heavy atom. The average molecular weight is 551 g/mol. The third-order valence-corrected chi connectivity index (χ3v) is 6.06. The number of nitrogens with one attached hydrogen (secondary N) is 2. The Morgan fingerprint density at radius 3 is 2.08 bits per heavy atom. The van der Waals surface area contributed by atoms with Crippen LogP contribution in [0, 0.1) is 0 Å². The van der Waals surface area contributed by atoms with Gasteiger partial charge < -0.3 is 29.4 Å². The molecule has 0 unspecified atom stereocenters. The summed E-state index contributed by atoms with van der Waals surface area (Å²) >= 11 is 0. The van der Waals surface area contributed by atoms with E-state index < -0.39 is 11.7 Å². The third kappa shape index (κ3) is 5.55. The SMILES string of the molecule is COc1cc(Nc2nc(Nc3ccccc3)nc3c2ncn3Cc2ccc(C(F)(F)F)cc2)cc(OC)c1OC. The van der Waals surface area contributed by atoms with Crippen LogP contribution < -0.4 is 24.8 Å². The fourth-order valence-electron chi connectivity index (χ4n) is 4.14. The van der Waals surface area contributed by atoms with Gasteiger partial charge in [-0.3, -0.25) is 0 Å². The number of methoxy groups -OCH3 is 3. The van der Waals surface area contributed by atoms with Crippen LogP contribution in [0.5, 0.6) is 17.2 Å². The molecule has 0 saturated carbocycles. The maximum absolute atomic E-state index is 13.0. The van der Waals surface area contributed by atoms with Crippen LogP contribution >= 0.6 is 0 Å². The van der Waals surface area contributed by atoms with E-state index in [1.165, 1.54) is 33.5 Å². The topological polar surface area (TPSA) is 95.4 Å². The van der Waals surface area contributed by atoms with Crippen molar-refractivity contribution in [1.29, 1.82) is 0 Å². The van der Waals surface area contributed by atoms with Crippen molar-refractivity contribution in [1.82, 2.24) is 19.5 Å². The zero-order valence-corrected chi connectivity index (χ0v) is 21.8. The maximum Gasteiger partial charge on any atom is 0.416 e. The van der Waals surface area contributed by atoms with Crippen molar-refractivity contribution in [3.05, 3.63) is 84.2 Å². The highest BCUT2D eigenvalue weighted by Gasteiger charge is 2.30. The minimum atomic E-state index is -4.40. The number of alkyl halides is 3. The van der Waals surface area contributed by atoms with Crippen LogP contribution in [-0.4, -0.2) is 40.8 Å². The third-order valence-electron chi connectivity index (χ3n) is 6.06. The molecule has 2 aromatic heterocycles. The van der Waals surface area contributed by atoms with Gasteiger partial charge in [0.15, 0.2) is 28.5 Å². The van der Waals surface area contributed by atoms with Gasteiger partial charge in [-0.1, -0.05) is 30.3 Å². The number of para-hydroxylation sites is 1. The molecule has 0 amide bonds. The van der Waals surface area contributed by atoms with E-state index in [0.29, 0.717) is 51.4 Å². The molecular formula is C28H25F3N6O3.